The van der Waals surface area contributed by atoms with Gasteiger partial charge in [-0.15, -0.1) is 0 Å². The molecule has 0 fully saturated rings. The Morgan fingerprint density at radius 2 is 2.38 bits per heavy atom. The molecular formula is C11H19N3O2. The van der Waals surface area contributed by atoms with Gasteiger partial charge in [0.05, 0.1) is 24.4 Å². The van der Waals surface area contributed by atoms with E-state index < -0.39 is 0 Å². The van der Waals surface area contributed by atoms with Crippen LogP contribution >= 0.6 is 0 Å². The smallest absolute Gasteiger partial charge is 0.310 e. The van der Waals surface area contributed by atoms with Gasteiger partial charge in [-0.2, -0.15) is 5.10 Å². The molecule has 0 aromatic carbocycles. The molecule has 0 aliphatic rings. The molecule has 0 spiro atoms. The van der Waals surface area contributed by atoms with Gasteiger partial charge in [-0.25, -0.2) is 0 Å². The van der Waals surface area contributed by atoms with Crippen LogP contribution in [0.5, 0.6) is 0 Å². The first-order valence-corrected chi connectivity index (χ1v) is 5.42. The molecule has 0 aliphatic carbocycles. The molecule has 90 valence electrons. The van der Waals surface area contributed by atoms with Crippen molar-refractivity contribution < 1.29 is 9.53 Å². The minimum atomic E-state index is -0.200. The fourth-order valence-corrected chi connectivity index (χ4v) is 1.49. The molecule has 0 saturated heterocycles. The molecule has 16 heavy (non-hydrogen) atoms. The van der Waals surface area contributed by atoms with E-state index in [1.165, 1.54) is 7.11 Å². The Morgan fingerprint density at radius 1 is 1.69 bits per heavy atom. The van der Waals surface area contributed by atoms with Crippen LogP contribution in [0, 0.1) is 5.92 Å². The molecule has 1 atom stereocenters. The van der Waals surface area contributed by atoms with Crippen molar-refractivity contribution in [2.75, 3.05) is 19.0 Å². The molecular weight excluding hydrogens is 206 g/mol. The fourth-order valence-electron chi connectivity index (χ4n) is 1.49. The summed E-state index contributed by atoms with van der Waals surface area (Å²) >= 11 is 0. The lowest BCUT2D eigenvalue weighted by molar-refractivity contribution is -0.144. The third kappa shape index (κ3) is 2.98. The second kappa shape index (κ2) is 5.53. The summed E-state index contributed by atoms with van der Waals surface area (Å²) in [4.78, 5) is 11.2. The van der Waals surface area contributed by atoms with E-state index in [9.17, 15) is 4.79 Å². The maximum absolute atomic E-state index is 11.2. The molecule has 0 bridgehead atoms. The average molecular weight is 225 g/mol. The van der Waals surface area contributed by atoms with Crippen molar-refractivity contribution >= 4 is 11.7 Å². The average Bonchev–Trinajstić information content (AvgIpc) is 2.65. The van der Waals surface area contributed by atoms with E-state index in [-0.39, 0.29) is 11.9 Å². The maximum atomic E-state index is 11.2. The van der Waals surface area contributed by atoms with Gasteiger partial charge >= 0.3 is 5.97 Å². The van der Waals surface area contributed by atoms with Crippen molar-refractivity contribution in [1.29, 1.82) is 0 Å². The minimum absolute atomic E-state index is 0.157. The van der Waals surface area contributed by atoms with Crippen molar-refractivity contribution in [1.82, 2.24) is 9.78 Å². The van der Waals surface area contributed by atoms with E-state index in [0.717, 1.165) is 17.8 Å². The first-order valence-electron chi connectivity index (χ1n) is 5.42. The second-order valence-electron chi connectivity index (χ2n) is 3.82. The molecule has 1 unspecified atom stereocenters. The zero-order valence-electron chi connectivity index (χ0n) is 10.3. The van der Waals surface area contributed by atoms with Crippen molar-refractivity contribution in [2.45, 2.75) is 20.3 Å². The molecule has 1 heterocycles. The zero-order valence-corrected chi connectivity index (χ0v) is 10.3. The summed E-state index contributed by atoms with van der Waals surface area (Å²) in [5.74, 6) is -0.357. The van der Waals surface area contributed by atoms with E-state index in [0.29, 0.717) is 6.54 Å². The lowest BCUT2D eigenvalue weighted by Crippen LogP contribution is -2.21. The molecule has 1 aromatic rings. The lowest BCUT2D eigenvalue weighted by Gasteiger charge is -2.10. The van der Waals surface area contributed by atoms with Crippen LogP contribution < -0.4 is 5.32 Å². The highest BCUT2D eigenvalue weighted by molar-refractivity contribution is 5.72. The highest BCUT2D eigenvalue weighted by atomic mass is 16.5. The number of rotatable bonds is 5. The van der Waals surface area contributed by atoms with Crippen LogP contribution in [0.2, 0.25) is 0 Å². The number of ether oxygens (including phenoxy) is 1. The van der Waals surface area contributed by atoms with Gasteiger partial charge in [0, 0.05) is 19.8 Å². The number of hydrogen-bond donors (Lipinski definition) is 1. The van der Waals surface area contributed by atoms with E-state index in [4.69, 9.17) is 0 Å². The van der Waals surface area contributed by atoms with Crippen molar-refractivity contribution in [2.24, 2.45) is 13.0 Å². The summed E-state index contributed by atoms with van der Waals surface area (Å²) in [6, 6.07) is 0. The third-order valence-corrected chi connectivity index (χ3v) is 2.44. The predicted molar refractivity (Wildman–Crippen MR) is 62.3 cm³/mol. The molecule has 0 saturated carbocycles. The van der Waals surface area contributed by atoms with Crippen LogP contribution in [0.15, 0.2) is 6.20 Å². The Balaban J connectivity index is 2.57. The van der Waals surface area contributed by atoms with Crippen LogP contribution in [0.3, 0.4) is 0 Å². The van der Waals surface area contributed by atoms with Crippen LogP contribution in [0.4, 0.5) is 5.69 Å². The molecule has 1 rings (SSSR count). The van der Waals surface area contributed by atoms with Crippen LogP contribution in [-0.4, -0.2) is 29.4 Å². The summed E-state index contributed by atoms with van der Waals surface area (Å²) in [5.41, 5.74) is 2.00. The van der Waals surface area contributed by atoms with Gasteiger partial charge in [-0.05, 0) is 6.42 Å². The molecule has 5 nitrogen and oxygen atoms in total. The van der Waals surface area contributed by atoms with Crippen molar-refractivity contribution in [3.05, 3.63) is 11.9 Å². The maximum Gasteiger partial charge on any atom is 0.310 e. The Kier molecular flexibility index (Phi) is 4.34. The van der Waals surface area contributed by atoms with E-state index in [2.05, 4.69) is 22.1 Å². The Morgan fingerprint density at radius 3 is 2.94 bits per heavy atom. The van der Waals surface area contributed by atoms with Crippen molar-refractivity contribution in [3.63, 3.8) is 0 Å². The molecule has 1 aromatic heterocycles. The van der Waals surface area contributed by atoms with Gasteiger partial charge < -0.3 is 10.1 Å². The number of anilines is 1. The van der Waals surface area contributed by atoms with Crippen molar-refractivity contribution in [3.8, 4) is 0 Å². The Bertz CT molecular complexity index is 360. The summed E-state index contributed by atoms with van der Waals surface area (Å²) in [6.07, 6.45) is 2.79. The van der Waals surface area contributed by atoms with Crippen LogP contribution in [0.1, 0.15) is 19.5 Å². The normalized spacial score (nSPS) is 12.2. The number of aromatic nitrogens is 2. The molecule has 0 radical (unpaired) electrons. The number of aryl methyl sites for hydroxylation is 2. The third-order valence-electron chi connectivity index (χ3n) is 2.44. The number of esters is 1. The lowest BCUT2D eigenvalue weighted by atomic mass is 10.2. The largest absolute Gasteiger partial charge is 0.469 e. The van der Waals surface area contributed by atoms with Gasteiger partial charge in [-0.1, -0.05) is 13.8 Å². The SMILES string of the molecule is CCc1nn(C)cc1NCC(C)C(=O)OC. The number of nitrogens with zero attached hydrogens (tertiary/aromatic N) is 2. The van der Waals surface area contributed by atoms with Gasteiger partial charge in [0.15, 0.2) is 0 Å². The fraction of sp³-hybridized carbons (Fsp3) is 0.636. The van der Waals surface area contributed by atoms with Gasteiger partial charge in [0.1, 0.15) is 0 Å². The molecule has 0 aliphatic heterocycles. The molecule has 0 amide bonds. The van der Waals surface area contributed by atoms with Gasteiger partial charge in [0.25, 0.3) is 0 Å². The first kappa shape index (κ1) is 12.5. The van der Waals surface area contributed by atoms with E-state index in [1.54, 1.807) is 4.68 Å². The zero-order chi connectivity index (χ0) is 12.1. The number of methoxy groups -OCH3 is 1. The number of nitrogens with one attached hydrogen (secondary N) is 1. The predicted octanol–water partition coefficient (Wildman–Crippen LogP) is 1.20. The Labute approximate surface area is 95.8 Å². The number of carbonyl (C=O) groups excluding carboxylic acids is 1. The Hall–Kier alpha value is -1.52. The number of hydrogen-bond acceptors (Lipinski definition) is 4. The second-order valence-corrected chi connectivity index (χ2v) is 3.82. The van der Waals surface area contributed by atoms with Gasteiger partial charge in [-0.3, -0.25) is 9.48 Å². The molecule has 5 heteroatoms. The highest BCUT2D eigenvalue weighted by Crippen LogP contribution is 2.14. The summed E-state index contributed by atoms with van der Waals surface area (Å²) < 4.78 is 6.43. The number of carbonyl (C=O) groups is 1. The minimum Gasteiger partial charge on any atom is -0.469 e. The van der Waals surface area contributed by atoms with E-state index >= 15 is 0 Å². The standard InChI is InChI=1S/C11H19N3O2/c1-5-9-10(7-14(3)13-9)12-6-8(2)11(15)16-4/h7-8,12H,5-6H2,1-4H3. The summed E-state index contributed by atoms with van der Waals surface area (Å²) in [5, 5.41) is 7.53. The van der Waals surface area contributed by atoms with Crippen LogP contribution in [0.25, 0.3) is 0 Å². The monoisotopic (exact) mass is 225 g/mol. The van der Waals surface area contributed by atoms with E-state index in [1.807, 2.05) is 20.2 Å². The first-order chi connectivity index (χ1) is 7.58. The quantitative estimate of drug-likeness (QED) is 0.765. The van der Waals surface area contributed by atoms with Gasteiger partial charge in [0.2, 0.25) is 0 Å². The highest BCUT2D eigenvalue weighted by Gasteiger charge is 2.14. The topological polar surface area (TPSA) is 56.2 Å². The van der Waals surface area contributed by atoms with Crippen LogP contribution in [-0.2, 0) is 23.0 Å². The summed E-state index contributed by atoms with van der Waals surface area (Å²) in [7, 11) is 3.29. The summed E-state index contributed by atoms with van der Waals surface area (Å²) in [6.45, 7) is 4.45. The molecule has 1 N–H and O–H groups in total.